The minimum atomic E-state index is -0.736. The number of ether oxygens (including phenoxy) is 2. The fourth-order valence-corrected chi connectivity index (χ4v) is 1.85. The Morgan fingerprint density at radius 3 is 2.35 bits per heavy atom. The molecule has 0 heterocycles. The van der Waals surface area contributed by atoms with Gasteiger partial charge in [-0.05, 0) is 38.0 Å². The lowest BCUT2D eigenvalue weighted by Crippen LogP contribution is -2.43. The number of nitrogens with one attached hydrogen (secondary N) is 1. The number of benzene rings is 1. The summed E-state index contributed by atoms with van der Waals surface area (Å²) in [5.74, 6) is 1.80. The number of methoxy groups -OCH3 is 2. The minimum absolute atomic E-state index is 0.0604. The summed E-state index contributed by atoms with van der Waals surface area (Å²) in [4.78, 5) is 0. The van der Waals surface area contributed by atoms with Crippen LogP contribution in [0.25, 0.3) is 0 Å². The smallest absolute Gasteiger partial charge is 0.123 e. The van der Waals surface area contributed by atoms with Gasteiger partial charge in [0.1, 0.15) is 11.5 Å². The normalized spacial score (nSPS) is 15.8. The summed E-state index contributed by atoms with van der Waals surface area (Å²) < 4.78 is 10.6. The molecule has 0 fully saturated rings. The van der Waals surface area contributed by atoms with Crippen LogP contribution in [0.3, 0.4) is 0 Å². The van der Waals surface area contributed by atoms with Gasteiger partial charge in [0.25, 0.3) is 0 Å². The van der Waals surface area contributed by atoms with Crippen LogP contribution >= 0.6 is 0 Å². The van der Waals surface area contributed by atoms with Crippen molar-refractivity contribution in [3.8, 4) is 11.5 Å². The first-order valence-corrected chi connectivity index (χ1v) is 6.99. The number of rotatable bonds is 7. The van der Waals surface area contributed by atoms with Crippen LogP contribution in [0.1, 0.15) is 39.3 Å². The van der Waals surface area contributed by atoms with Crippen LogP contribution in [-0.2, 0) is 0 Å². The van der Waals surface area contributed by atoms with Gasteiger partial charge in [-0.1, -0.05) is 13.8 Å². The van der Waals surface area contributed by atoms with Crippen molar-refractivity contribution in [2.75, 3.05) is 20.8 Å². The molecule has 0 bridgehead atoms. The van der Waals surface area contributed by atoms with Gasteiger partial charge in [-0.3, -0.25) is 0 Å². The van der Waals surface area contributed by atoms with E-state index in [4.69, 9.17) is 9.47 Å². The van der Waals surface area contributed by atoms with Crippen molar-refractivity contribution in [3.05, 3.63) is 23.8 Å². The Morgan fingerprint density at radius 1 is 1.20 bits per heavy atom. The molecule has 2 atom stereocenters. The molecule has 0 aromatic heterocycles. The maximum absolute atomic E-state index is 10.3. The van der Waals surface area contributed by atoms with Gasteiger partial charge < -0.3 is 19.9 Å². The van der Waals surface area contributed by atoms with E-state index >= 15 is 0 Å². The molecule has 2 N–H and O–H groups in total. The van der Waals surface area contributed by atoms with Gasteiger partial charge in [-0.25, -0.2) is 0 Å². The van der Waals surface area contributed by atoms with Crippen molar-refractivity contribution in [1.82, 2.24) is 5.32 Å². The predicted molar refractivity (Wildman–Crippen MR) is 81.4 cm³/mol. The zero-order chi connectivity index (χ0) is 15.3. The van der Waals surface area contributed by atoms with Gasteiger partial charge in [-0.15, -0.1) is 0 Å². The molecule has 0 saturated heterocycles. The monoisotopic (exact) mass is 281 g/mol. The van der Waals surface area contributed by atoms with Crippen LogP contribution in [0.4, 0.5) is 0 Å². The molecule has 20 heavy (non-hydrogen) atoms. The molecule has 0 amide bonds. The molecule has 0 saturated carbocycles. The molecule has 1 aromatic carbocycles. The first kappa shape index (κ1) is 16.8. The van der Waals surface area contributed by atoms with E-state index in [-0.39, 0.29) is 12.0 Å². The molecule has 4 heteroatoms. The third-order valence-electron chi connectivity index (χ3n) is 3.91. The van der Waals surface area contributed by atoms with Crippen molar-refractivity contribution >= 4 is 0 Å². The van der Waals surface area contributed by atoms with Gasteiger partial charge in [0.05, 0.1) is 19.8 Å². The fraction of sp³-hybridized carbons (Fsp3) is 0.625. The molecule has 0 radical (unpaired) electrons. The largest absolute Gasteiger partial charge is 0.497 e. The minimum Gasteiger partial charge on any atom is -0.497 e. The maximum atomic E-state index is 10.3. The van der Waals surface area contributed by atoms with Crippen LogP contribution in [0.2, 0.25) is 0 Å². The standard InChI is InChI=1S/C16H27NO3/c1-11(2)16(4,18)10-17-12(3)14-9-13(19-5)7-8-15(14)20-6/h7-9,11-12,17-18H,10H2,1-6H3. The summed E-state index contributed by atoms with van der Waals surface area (Å²) in [6.07, 6.45) is 0. The van der Waals surface area contributed by atoms with E-state index in [0.717, 1.165) is 17.1 Å². The first-order valence-electron chi connectivity index (χ1n) is 6.99. The third-order valence-corrected chi connectivity index (χ3v) is 3.91. The van der Waals surface area contributed by atoms with E-state index in [1.807, 2.05) is 45.9 Å². The lowest BCUT2D eigenvalue weighted by atomic mass is 9.92. The molecule has 1 rings (SSSR count). The van der Waals surface area contributed by atoms with E-state index in [9.17, 15) is 5.11 Å². The molecule has 2 unspecified atom stereocenters. The van der Waals surface area contributed by atoms with Crippen molar-refractivity contribution in [1.29, 1.82) is 0 Å². The zero-order valence-electron chi connectivity index (χ0n) is 13.4. The van der Waals surface area contributed by atoms with E-state index in [1.165, 1.54) is 0 Å². The highest BCUT2D eigenvalue weighted by Crippen LogP contribution is 2.29. The van der Waals surface area contributed by atoms with Crippen molar-refractivity contribution in [2.24, 2.45) is 5.92 Å². The van der Waals surface area contributed by atoms with Crippen LogP contribution < -0.4 is 14.8 Å². The first-order chi connectivity index (χ1) is 9.31. The molecular formula is C16H27NO3. The Bertz CT molecular complexity index is 430. The Hall–Kier alpha value is -1.26. The summed E-state index contributed by atoms with van der Waals surface area (Å²) in [6, 6.07) is 5.79. The van der Waals surface area contributed by atoms with Gasteiger partial charge in [0.15, 0.2) is 0 Å². The van der Waals surface area contributed by atoms with Gasteiger partial charge in [-0.2, -0.15) is 0 Å². The van der Waals surface area contributed by atoms with Crippen molar-refractivity contribution in [3.63, 3.8) is 0 Å². The lowest BCUT2D eigenvalue weighted by molar-refractivity contribution is 0.0121. The number of aliphatic hydroxyl groups is 1. The highest BCUT2D eigenvalue weighted by atomic mass is 16.5. The maximum Gasteiger partial charge on any atom is 0.123 e. The average Bonchev–Trinajstić information content (AvgIpc) is 2.43. The van der Waals surface area contributed by atoms with E-state index < -0.39 is 5.60 Å². The SMILES string of the molecule is COc1ccc(OC)c(C(C)NCC(C)(O)C(C)C)c1. The molecular weight excluding hydrogens is 254 g/mol. The van der Waals surface area contributed by atoms with Crippen LogP contribution in [0.15, 0.2) is 18.2 Å². The topological polar surface area (TPSA) is 50.7 Å². The molecule has 0 spiro atoms. The summed E-state index contributed by atoms with van der Waals surface area (Å²) in [6.45, 7) is 8.44. The molecule has 0 aliphatic rings. The second-order valence-electron chi connectivity index (χ2n) is 5.72. The van der Waals surface area contributed by atoms with Gasteiger partial charge in [0, 0.05) is 18.2 Å². The summed E-state index contributed by atoms with van der Waals surface area (Å²) >= 11 is 0. The lowest BCUT2D eigenvalue weighted by Gasteiger charge is -2.30. The predicted octanol–water partition coefficient (Wildman–Crippen LogP) is 2.76. The zero-order valence-corrected chi connectivity index (χ0v) is 13.4. The van der Waals surface area contributed by atoms with Gasteiger partial charge >= 0.3 is 0 Å². The number of hydrogen-bond acceptors (Lipinski definition) is 4. The highest BCUT2D eigenvalue weighted by molar-refractivity contribution is 5.42. The Morgan fingerprint density at radius 2 is 1.85 bits per heavy atom. The van der Waals surface area contributed by atoms with Crippen LogP contribution in [-0.4, -0.2) is 31.5 Å². The van der Waals surface area contributed by atoms with Crippen molar-refractivity contribution < 1.29 is 14.6 Å². The fourth-order valence-electron chi connectivity index (χ4n) is 1.85. The second-order valence-corrected chi connectivity index (χ2v) is 5.72. The third kappa shape index (κ3) is 4.12. The molecule has 114 valence electrons. The molecule has 4 nitrogen and oxygen atoms in total. The number of hydrogen-bond donors (Lipinski definition) is 2. The average molecular weight is 281 g/mol. The molecule has 0 aliphatic carbocycles. The Balaban J connectivity index is 2.83. The molecule has 0 aliphatic heterocycles. The van der Waals surface area contributed by atoms with Gasteiger partial charge in [0.2, 0.25) is 0 Å². The summed E-state index contributed by atoms with van der Waals surface area (Å²) in [7, 11) is 3.30. The van der Waals surface area contributed by atoms with E-state index in [1.54, 1.807) is 14.2 Å². The Kier molecular flexibility index (Phi) is 5.84. The van der Waals surface area contributed by atoms with E-state index in [0.29, 0.717) is 6.54 Å². The molecule has 1 aromatic rings. The highest BCUT2D eigenvalue weighted by Gasteiger charge is 2.25. The summed E-state index contributed by atoms with van der Waals surface area (Å²) in [5, 5.41) is 13.7. The van der Waals surface area contributed by atoms with Crippen molar-refractivity contribution in [2.45, 2.75) is 39.3 Å². The second kappa shape index (κ2) is 6.95. The van der Waals surface area contributed by atoms with Crippen LogP contribution in [0.5, 0.6) is 11.5 Å². The summed E-state index contributed by atoms with van der Waals surface area (Å²) in [5.41, 5.74) is 0.284. The Labute approximate surface area is 122 Å². The van der Waals surface area contributed by atoms with Crippen LogP contribution in [0, 0.1) is 5.92 Å². The van der Waals surface area contributed by atoms with E-state index in [2.05, 4.69) is 5.32 Å². The quantitative estimate of drug-likeness (QED) is 0.807.